The van der Waals surface area contributed by atoms with Gasteiger partial charge >= 0.3 is 0 Å². The minimum atomic E-state index is -2.35. The Morgan fingerprint density at radius 3 is 1.64 bits per heavy atom. The number of halogens is 6. The average Bonchev–Trinajstić information content (AvgIpc) is 3.01. The Balaban J connectivity index is 1.70. The number of ether oxygens (including phenoxy) is 5. The summed E-state index contributed by atoms with van der Waals surface area (Å²) in [4.78, 5) is 13.0. The van der Waals surface area contributed by atoms with E-state index in [0.29, 0.717) is 0 Å². The molecule has 0 saturated carbocycles. The third-order valence-corrected chi connectivity index (χ3v) is 7.69. The zero-order valence-corrected chi connectivity index (χ0v) is 28.1. The van der Waals surface area contributed by atoms with Crippen molar-refractivity contribution in [3.05, 3.63) is 108 Å². The molecule has 8 nitrogen and oxygen atoms in total. The Morgan fingerprint density at radius 2 is 1.18 bits per heavy atom. The molecule has 1 aliphatic rings. The van der Waals surface area contributed by atoms with Gasteiger partial charge in [0.05, 0.1) is 26.4 Å². The first-order valence-corrected chi connectivity index (χ1v) is 16.0. The van der Waals surface area contributed by atoms with Crippen molar-refractivity contribution in [1.29, 1.82) is 5.41 Å². The fourth-order valence-electron chi connectivity index (χ4n) is 4.51. The fourth-order valence-corrected chi connectivity index (χ4v) is 4.81. The van der Waals surface area contributed by atoms with Gasteiger partial charge in [-0.15, -0.1) is 0 Å². The van der Waals surface area contributed by atoms with E-state index in [1.807, 2.05) is 91.0 Å². The standard InChI is InChI=1S/C31H30Cl6N2O6/c32-30(33,34)28(38)45-27-24(39-29(40)31(35,36)37)26(43-18-22-14-8-3-9-15-22)25(42-17-21-12-6-2-7-13-21)23(44-27)19-41-16-20-10-4-1-5-11-20/h1-15,23-27,38H,16-19H2,(H,39,40)/t23-,24-,25+,26-,27-/m1/s1. The second-order valence-electron chi connectivity index (χ2n) is 10.0. The Hall–Kier alpha value is -1.82. The molecule has 45 heavy (non-hydrogen) atoms. The molecule has 0 unspecified atom stereocenters. The average molecular weight is 739 g/mol. The summed E-state index contributed by atoms with van der Waals surface area (Å²) in [6, 6.07) is 27.2. The zero-order chi connectivity index (χ0) is 32.5. The van der Waals surface area contributed by atoms with Crippen LogP contribution in [0, 0.1) is 5.41 Å². The zero-order valence-electron chi connectivity index (χ0n) is 23.6. The van der Waals surface area contributed by atoms with Crippen molar-refractivity contribution in [3.63, 3.8) is 0 Å². The van der Waals surface area contributed by atoms with Crippen LogP contribution in [0.15, 0.2) is 91.0 Å². The number of carbonyl (C=O) groups is 1. The van der Waals surface area contributed by atoms with Crippen LogP contribution in [-0.4, -0.2) is 56.6 Å². The van der Waals surface area contributed by atoms with Gasteiger partial charge in [0.25, 0.3) is 13.5 Å². The summed E-state index contributed by atoms with van der Waals surface area (Å²) in [5.74, 6) is -1.76. The summed E-state index contributed by atoms with van der Waals surface area (Å²) in [7, 11) is 0. The number of benzene rings is 3. The highest BCUT2D eigenvalue weighted by atomic mass is 35.6. The number of alkyl halides is 6. The van der Waals surface area contributed by atoms with Crippen LogP contribution in [0.25, 0.3) is 0 Å². The lowest BCUT2D eigenvalue weighted by molar-refractivity contribution is -0.273. The molecule has 2 N–H and O–H groups in total. The monoisotopic (exact) mass is 736 g/mol. The second-order valence-corrected chi connectivity index (χ2v) is 14.6. The Morgan fingerprint density at radius 1 is 0.711 bits per heavy atom. The van der Waals surface area contributed by atoms with Crippen LogP contribution >= 0.6 is 69.6 Å². The summed E-state index contributed by atoms with van der Waals surface area (Å²) in [6.07, 6.45) is -4.18. The first kappa shape index (κ1) is 36.0. The topological polar surface area (TPSA) is 99.1 Å². The third-order valence-electron chi connectivity index (χ3n) is 6.66. The van der Waals surface area contributed by atoms with Crippen LogP contribution in [-0.2, 0) is 48.3 Å². The van der Waals surface area contributed by atoms with Crippen LogP contribution in [0.3, 0.4) is 0 Å². The molecular weight excluding hydrogens is 709 g/mol. The van der Waals surface area contributed by atoms with Gasteiger partial charge in [0.15, 0.2) is 0 Å². The molecule has 242 valence electrons. The molecule has 1 fully saturated rings. The summed E-state index contributed by atoms with van der Waals surface area (Å²) < 4.78 is 26.3. The van der Waals surface area contributed by atoms with Gasteiger partial charge in [-0.05, 0) is 16.7 Å². The van der Waals surface area contributed by atoms with E-state index < -0.39 is 50.0 Å². The van der Waals surface area contributed by atoms with Crippen molar-refractivity contribution >= 4 is 81.4 Å². The molecular formula is C31H30Cl6N2O6. The second kappa shape index (κ2) is 16.8. The van der Waals surface area contributed by atoms with Gasteiger partial charge in [-0.1, -0.05) is 161 Å². The highest BCUT2D eigenvalue weighted by Crippen LogP contribution is 2.34. The molecule has 1 aliphatic heterocycles. The van der Waals surface area contributed by atoms with Crippen molar-refractivity contribution in [2.75, 3.05) is 6.61 Å². The molecule has 4 rings (SSSR count). The van der Waals surface area contributed by atoms with Crippen molar-refractivity contribution in [2.45, 2.75) is 58.0 Å². The molecule has 3 aromatic carbocycles. The SMILES string of the molecule is N=C(O[C@H]1O[C@H](COCc2ccccc2)[C@H](OCc2ccccc2)[C@H](OCc2ccccc2)[C@H]1NC(=O)C(Cl)(Cl)Cl)C(Cl)(Cl)Cl. The molecule has 3 aromatic rings. The Bertz CT molecular complexity index is 1360. The minimum Gasteiger partial charge on any atom is -0.446 e. The number of amides is 1. The lowest BCUT2D eigenvalue weighted by atomic mass is 9.95. The van der Waals surface area contributed by atoms with Crippen molar-refractivity contribution < 1.29 is 28.5 Å². The molecule has 0 spiro atoms. The Labute approximate surface area is 291 Å². The van der Waals surface area contributed by atoms with E-state index in [0.717, 1.165) is 16.7 Å². The normalized spacial score (nSPS) is 22.0. The first-order valence-electron chi connectivity index (χ1n) is 13.7. The lowest BCUT2D eigenvalue weighted by Gasteiger charge is -2.46. The van der Waals surface area contributed by atoms with E-state index >= 15 is 0 Å². The minimum absolute atomic E-state index is 0.00559. The largest absolute Gasteiger partial charge is 0.446 e. The number of nitrogens with one attached hydrogen (secondary N) is 2. The lowest BCUT2D eigenvalue weighted by Crippen LogP contribution is -2.67. The van der Waals surface area contributed by atoms with E-state index in [1.165, 1.54) is 0 Å². The van der Waals surface area contributed by atoms with Crippen LogP contribution in [0.5, 0.6) is 0 Å². The summed E-state index contributed by atoms with van der Waals surface area (Å²) in [6.45, 7) is 0.537. The van der Waals surface area contributed by atoms with E-state index in [1.54, 1.807) is 0 Å². The molecule has 1 saturated heterocycles. The molecule has 0 aromatic heterocycles. The van der Waals surface area contributed by atoms with Crippen molar-refractivity contribution in [2.24, 2.45) is 0 Å². The van der Waals surface area contributed by atoms with Gasteiger partial charge in [-0.2, -0.15) is 0 Å². The molecule has 1 amide bonds. The predicted octanol–water partition coefficient (Wildman–Crippen LogP) is 7.32. The molecule has 14 heteroatoms. The highest BCUT2D eigenvalue weighted by molar-refractivity contribution is 6.76. The quantitative estimate of drug-likeness (QED) is 0.115. The highest BCUT2D eigenvalue weighted by Gasteiger charge is 2.52. The smallest absolute Gasteiger partial charge is 0.272 e. The summed E-state index contributed by atoms with van der Waals surface area (Å²) in [5.41, 5.74) is 2.65. The van der Waals surface area contributed by atoms with Gasteiger partial charge in [-0.3, -0.25) is 10.2 Å². The molecule has 0 bridgehead atoms. The maximum absolute atomic E-state index is 13.0. The van der Waals surface area contributed by atoms with E-state index in [9.17, 15) is 4.79 Å². The number of hydrogen-bond donors (Lipinski definition) is 2. The Kier molecular flexibility index (Phi) is 13.5. The molecule has 0 aliphatic carbocycles. The maximum atomic E-state index is 13.0. The van der Waals surface area contributed by atoms with E-state index in [4.69, 9.17) is 98.7 Å². The van der Waals surface area contributed by atoms with Crippen molar-refractivity contribution in [3.8, 4) is 0 Å². The van der Waals surface area contributed by atoms with Crippen LogP contribution in [0.1, 0.15) is 16.7 Å². The number of hydrogen-bond acceptors (Lipinski definition) is 7. The van der Waals surface area contributed by atoms with Gasteiger partial charge < -0.3 is 29.0 Å². The van der Waals surface area contributed by atoms with E-state index in [-0.39, 0.29) is 26.4 Å². The van der Waals surface area contributed by atoms with Gasteiger partial charge in [0.2, 0.25) is 12.2 Å². The van der Waals surface area contributed by atoms with E-state index in [2.05, 4.69) is 5.32 Å². The molecule has 1 heterocycles. The van der Waals surface area contributed by atoms with Gasteiger partial charge in [0, 0.05) is 0 Å². The van der Waals surface area contributed by atoms with Crippen LogP contribution in [0.2, 0.25) is 0 Å². The third kappa shape index (κ3) is 11.1. The first-order chi connectivity index (χ1) is 21.4. The molecule has 0 radical (unpaired) electrons. The number of rotatable bonds is 12. The molecule has 5 atom stereocenters. The van der Waals surface area contributed by atoms with Crippen LogP contribution < -0.4 is 5.32 Å². The predicted molar refractivity (Wildman–Crippen MR) is 176 cm³/mol. The maximum Gasteiger partial charge on any atom is 0.272 e. The summed E-state index contributed by atoms with van der Waals surface area (Å²) >= 11 is 35.6. The number of carbonyl (C=O) groups excluding carboxylic acids is 1. The van der Waals surface area contributed by atoms with Crippen molar-refractivity contribution in [1.82, 2.24) is 5.32 Å². The van der Waals surface area contributed by atoms with Gasteiger partial charge in [-0.25, -0.2) is 0 Å². The fraction of sp³-hybridized carbons (Fsp3) is 0.355. The summed E-state index contributed by atoms with van der Waals surface area (Å²) in [5, 5.41) is 10.9. The van der Waals surface area contributed by atoms with Crippen LogP contribution in [0.4, 0.5) is 0 Å². The van der Waals surface area contributed by atoms with Gasteiger partial charge in [0.1, 0.15) is 24.4 Å².